The van der Waals surface area contributed by atoms with Crippen molar-refractivity contribution in [3.63, 3.8) is 0 Å². The number of aliphatic hydroxyl groups excluding tert-OH is 1. The molecule has 1 aliphatic rings. The molecule has 100 valence electrons. The van der Waals surface area contributed by atoms with Crippen LogP contribution in [-0.4, -0.2) is 28.3 Å². The number of carboxylic acids is 1. The molecule has 5 heteroatoms. The summed E-state index contributed by atoms with van der Waals surface area (Å²) >= 11 is 1.46. The summed E-state index contributed by atoms with van der Waals surface area (Å²) in [4.78, 5) is 11.7. The molecule has 2 unspecified atom stereocenters. The predicted octanol–water partition coefficient (Wildman–Crippen LogP) is 2.16. The number of nitrogens with one attached hydrogen (secondary N) is 1. The molecule has 0 radical (unpaired) electrons. The minimum absolute atomic E-state index is 0.0461. The lowest BCUT2D eigenvalue weighted by Gasteiger charge is -2.25. The number of aliphatic carboxylic acids is 1. The summed E-state index contributed by atoms with van der Waals surface area (Å²) in [6.45, 7) is 0. The van der Waals surface area contributed by atoms with E-state index in [1.807, 2.05) is 17.5 Å². The molecular formula is C13H19NO3S. The van der Waals surface area contributed by atoms with Gasteiger partial charge in [-0.05, 0) is 24.3 Å². The zero-order valence-electron chi connectivity index (χ0n) is 10.2. The number of thiophene rings is 1. The lowest BCUT2D eigenvalue weighted by atomic mass is 10.0. The molecule has 1 heterocycles. The van der Waals surface area contributed by atoms with E-state index >= 15 is 0 Å². The summed E-state index contributed by atoms with van der Waals surface area (Å²) < 4.78 is 0. The van der Waals surface area contributed by atoms with E-state index < -0.39 is 18.1 Å². The summed E-state index contributed by atoms with van der Waals surface area (Å²) in [5, 5.41) is 24.4. The van der Waals surface area contributed by atoms with Crippen molar-refractivity contribution in [3.05, 3.63) is 22.4 Å². The third-order valence-electron chi connectivity index (χ3n) is 3.42. The number of hydrogen-bond acceptors (Lipinski definition) is 4. The maximum atomic E-state index is 10.9. The lowest BCUT2D eigenvalue weighted by Crippen LogP contribution is -2.42. The number of carbonyl (C=O) groups is 1. The Hall–Kier alpha value is -0.910. The lowest BCUT2D eigenvalue weighted by molar-refractivity contribution is -0.138. The van der Waals surface area contributed by atoms with Gasteiger partial charge in [-0.25, -0.2) is 0 Å². The highest BCUT2D eigenvalue weighted by Gasteiger charge is 2.27. The molecular weight excluding hydrogens is 250 g/mol. The molecule has 18 heavy (non-hydrogen) atoms. The van der Waals surface area contributed by atoms with Gasteiger partial charge in [0.25, 0.3) is 0 Å². The van der Waals surface area contributed by atoms with Crippen LogP contribution in [0.25, 0.3) is 0 Å². The van der Waals surface area contributed by atoms with Gasteiger partial charge in [0.2, 0.25) is 0 Å². The first-order chi connectivity index (χ1) is 8.66. The van der Waals surface area contributed by atoms with Crippen LogP contribution in [0.3, 0.4) is 0 Å². The van der Waals surface area contributed by atoms with E-state index in [0.717, 1.165) is 17.7 Å². The standard InChI is InChI=1S/C13H19NO3S/c15-12(16)8-10(14-9-4-1-2-5-9)13(17)11-6-3-7-18-11/h3,6-7,9-10,13-14,17H,1-2,4-5,8H2,(H,15,16). The second kappa shape index (κ2) is 6.31. The molecule has 0 aliphatic heterocycles. The third kappa shape index (κ3) is 3.54. The second-order valence-corrected chi connectivity index (χ2v) is 5.79. The second-order valence-electron chi connectivity index (χ2n) is 4.81. The monoisotopic (exact) mass is 269 g/mol. The zero-order valence-corrected chi connectivity index (χ0v) is 11.0. The van der Waals surface area contributed by atoms with Crippen LogP contribution in [0.5, 0.6) is 0 Å². The molecule has 2 atom stereocenters. The molecule has 3 N–H and O–H groups in total. The average molecular weight is 269 g/mol. The Morgan fingerprint density at radius 1 is 1.50 bits per heavy atom. The van der Waals surface area contributed by atoms with E-state index in [2.05, 4.69) is 5.32 Å². The minimum atomic E-state index is -0.874. The molecule has 0 aromatic carbocycles. The van der Waals surface area contributed by atoms with Crippen molar-refractivity contribution in [1.82, 2.24) is 5.32 Å². The topological polar surface area (TPSA) is 69.6 Å². The van der Waals surface area contributed by atoms with Gasteiger partial charge < -0.3 is 15.5 Å². The maximum absolute atomic E-state index is 10.9. The van der Waals surface area contributed by atoms with Gasteiger partial charge in [-0.2, -0.15) is 0 Å². The van der Waals surface area contributed by atoms with E-state index in [4.69, 9.17) is 5.11 Å². The zero-order chi connectivity index (χ0) is 13.0. The van der Waals surface area contributed by atoms with Crippen molar-refractivity contribution in [3.8, 4) is 0 Å². The van der Waals surface area contributed by atoms with Crippen molar-refractivity contribution >= 4 is 17.3 Å². The molecule has 4 nitrogen and oxygen atoms in total. The molecule has 2 rings (SSSR count). The third-order valence-corrected chi connectivity index (χ3v) is 4.36. The highest BCUT2D eigenvalue weighted by Crippen LogP contribution is 2.26. The SMILES string of the molecule is O=C(O)CC(NC1CCCC1)C(O)c1cccs1. The molecule has 1 aromatic heterocycles. The fourth-order valence-corrected chi connectivity index (χ4v) is 3.28. The van der Waals surface area contributed by atoms with E-state index in [-0.39, 0.29) is 6.42 Å². The van der Waals surface area contributed by atoms with E-state index in [1.54, 1.807) is 0 Å². The van der Waals surface area contributed by atoms with Gasteiger partial charge in [0.05, 0.1) is 6.42 Å². The van der Waals surface area contributed by atoms with Crippen LogP contribution in [0.1, 0.15) is 43.1 Å². The van der Waals surface area contributed by atoms with Gasteiger partial charge in [0, 0.05) is 17.0 Å². The van der Waals surface area contributed by atoms with Gasteiger partial charge in [0.1, 0.15) is 6.10 Å². The van der Waals surface area contributed by atoms with E-state index in [0.29, 0.717) is 6.04 Å². The summed E-state index contributed by atoms with van der Waals surface area (Å²) in [6, 6.07) is 3.67. The fourth-order valence-electron chi connectivity index (χ4n) is 2.50. The van der Waals surface area contributed by atoms with Crippen LogP contribution in [0.15, 0.2) is 17.5 Å². The number of hydrogen-bond donors (Lipinski definition) is 3. The summed E-state index contributed by atoms with van der Waals surface area (Å²) in [7, 11) is 0. The fraction of sp³-hybridized carbons (Fsp3) is 0.615. The first kappa shape index (κ1) is 13.5. The number of carboxylic acid groups (broad SMARTS) is 1. The Labute approximate surface area is 111 Å². The van der Waals surface area contributed by atoms with Crippen LogP contribution in [0, 0.1) is 0 Å². The first-order valence-corrected chi connectivity index (χ1v) is 7.24. The van der Waals surface area contributed by atoms with Gasteiger partial charge in [-0.1, -0.05) is 18.9 Å². The van der Waals surface area contributed by atoms with Crippen LogP contribution in [0.4, 0.5) is 0 Å². The Morgan fingerprint density at radius 2 is 2.22 bits per heavy atom. The molecule has 0 bridgehead atoms. The highest BCUT2D eigenvalue weighted by molar-refractivity contribution is 7.10. The largest absolute Gasteiger partial charge is 0.481 e. The quantitative estimate of drug-likeness (QED) is 0.740. The van der Waals surface area contributed by atoms with Crippen molar-refractivity contribution < 1.29 is 15.0 Å². The maximum Gasteiger partial charge on any atom is 0.305 e. The Kier molecular flexibility index (Phi) is 4.74. The number of rotatable bonds is 6. The van der Waals surface area contributed by atoms with Crippen LogP contribution in [-0.2, 0) is 4.79 Å². The summed E-state index contributed by atoms with van der Waals surface area (Å²) in [5.41, 5.74) is 0. The van der Waals surface area contributed by atoms with Crippen molar-refractivity contribution in [2.75, 3.05) is 0 Å². The van der Waals surface area contributed by atoms with Gasteiger partial charge in [-0.3, -0.25) is 4.79 Å². The molecule has 1 fully saturated rings. The van der Waals surface area contributed by atoms with E-state index in [9.17, 15) is 9.90 Å². The van der Waals surface area contributed by atoms with Crippen LogP contribution in [0.2, 0.25) is 0 Å². The van der Waals surface area contributed by atoms with Crippen LogP contribution >= 0.6 is 11.3 Å². The van der Waals surface area contributed by atoms with Crippen molar-refractivity contribution in [1.29, 1.82) is 0 Å². The first-order valence-electron chi connectivity index (χ1n) is 6.36. The van der Waals surface area contributed by atoms with Gasteiger partial charge >= 0.3 is 5.97 Å². The summed E-state index contributed by atoms with van der Waals surface area (Å²) in [6.07, 6.45) is 3.75. The van der Waals surface area contributed by atoms with Crippen molar-refractivity contribution in [2.45, 2.75) is 50.3 Å². The van der Waals surface area contributed by atoms with Gasteiger partial charge in [-0.15, -0.1) is 11.3 Å². The molecule has 0 amide bonds. The van der Waals surface area contributed by atoms with Crippen LogP contribution < -0.4 is 5.32 Å². The van der Waals surface area contributed by atoms with Crippen molar-refractivity contribution in [2.24, 2.45) is 0 Å². The molecule has 1 saturated carbocycles. The predicted molar refractivity (Wildman–Crippen MR) is 70.7 cm³/mol. The Morgan fingerprint density at radius 3 is 2.78 bits per heavy atom. The smallest absolute Gasteiger partial charge is 0.305 e. The molecule has 1 aromatic rings. The highest BCUT2D eigenvalue weighted by atomic mass is 32.1. The molecule has 1 aliphatic carbocycles. The minimum Gasteiger partial charge on any atom is -0.481 e. The van der Waals surface area contributed by atoms with Gasteiger partial charge in [0.15, 0.2) is 0 Å². The molecule has 0 saturated heterocycles. The molecule has 0 spiro atoms. The number of aliphatic hydroxyl groups is 1. The Balaban J connectivity index is 2.01. The average Bonchev–Trinajstić information content (AvgIpc) is 2.99. The van der Waals surface area contributed by atoms with E-state index in [1.165, 1.54) is 24.2 Å². The Bertz CT molecular complexity index is 374. The summed E-state index contributed by atoms with van der Waals surface area (Å²) in [5.74, 6) is -0.874. The normalized spacial score (nSPS) is 19.8.